The molecule has 2 rings (SSSR count). The van der Waals surface area contributed by atoms with Gasteiger partial charge in [-0.1, -0.05) is 59.6 Å². The summed E-state index contributed by atoms with van der Waals surface area (Å²) in [7, 11) is 0. The minimum atomic E-state index is -0.165. The van der Waals surface area contributed by atoms with Gasteiger partial charge in [0.05, 0.1) is 0 Å². The van der Waals surface area contributed by atoms with Crippen molar-refractivity contribution in [1.82, 2.24) is 5.32 Å². The van der Waals surface area contributed by atoms with Crippen LogP contribution in [-0.4, -0.2) is 12.5 Å². The molecule has 0 aliphatic heterocycles. The predicted molar refractivity (Wildman–Crippen MR) is 88.7 cm³/mol. The van der Waals surface area contributed by atoms with Crippen LogP contribution >= 0.6 is 23.2 Å². The van der Waals surface area contributed by atoms with Crippen LogP contribution in [0.3, 0.4) is 0 Å². The fourth-order valence-electron chi connectivity index (χ4n) is 1.86. The highest BCUT2D eigenvalue weighted by Crippen LogP contribution is 2.25. The molecule has 2 nitrogen and oxygen atoms in total. The van der Waals surface area contributed by atoms with Crippen LogP contribution in [0, 0.1) is 0 Å². The Balaban J connectivity index is 1.86. The van der Waals surface area contributed by atoms with Gasteiger partial charge in [0.15, 0.2) is 0 Å². The highest BCUT2D eigenvalue weighted by Gasteiger charge is 2.02. The summed E-state index contributed by atoms with van der Waals surface area (Å²) in [6, 6.07) is 15.2. The molecule has 0 atom stereocenters. The lowest BCUT2D eigenvalue weighted by atomic mass is 10.1. The smallest absolute Gasteiger partial charge is 0.244 e. The third-order valence-corrected chi connectivity index (χ3v) is 3.62. The summed E-state index contributed by atoms with van der Waals surface area (Å²) in [4.78, 5) is 11.7. The summed E-state index contributed by atoms with van der Waals surface area (Å²) >= 11 is 12.1. The zero-order chi connectivity index (χ0) is 15.1. The average molecular weight is 320 g/mol. The van der Waals surface area contributed by atoms with E-state index in [4.69, 9.17) is 23.2 Å². The van der Waals surface area contributed by atoms with Gasteiger partial charge in [0.1, 0.15) is 0 Å². The van der Waals surface area contributed by atoms with Crippen molar-refractivity contribution < 1.29 is 4.79 Å². The minimum absolute atomic E-state index is 0.165. The normalized spacial score (nSPS) is 10.8. The van der Waals surface area contributed by atoms with Gasteiger partial charge in [-0.25, -0.2) is 0 Å². The van der Waals surface area contributed by atoms with E-state index in [2.05, 4.69) is 5.32 Å². The lowest BCUT2D eigenvalue weighted by molar-refractivity contribution is -0.116. The molecule has 0 radical (unpaired) electrons. The molecule has 0 fully saturated rings. The summed E-state index contributed by atoms with van der Waals surface area (Å²) in [5, 5.41) is 3.88. The minimum Gasteiger partial charge on any atom is -0.352 e. The van der Waals surface area contributed by atoms with E-state index in [1.807, 2.05) is 30.3 Å². The second-order valence-corrected chi connectivity index (χ2v) is 5.31. The number of carbonyl (C=O) groups is 1. The molecule has 4 heteroatoms. The van der Waals surface area contributed by atoms with Gasteiger partial charge in [0.25, 0.3) is 0 Å². The molecule has 0 aromatic heterocycles. The third kappa shape index (κ3) is 4.92. The molecule has 21 heavy (non-hydrogen) atoms. The third-order valence-electron chi connectivity index (χ3n) is 2.96. The number of halogens is 2. The van der Waals surface area contributed by atoms with Crippen LogP contribution in [0.4, 0.5) is 0 Å². The largest absolute Gasteiger partial charge is 0.352 e. The van der Waals surface area contributed by atoms with Crippen molar-refractivity contribution in [3.05, 3.63) is 75.8 Å². The topological polar surface area (TPSA) is 29.1 Å². The summed E-state index contributed by atoms with van der Waals surface area (Å²) in [6.45, 7) is 0.587. The maximum absolute atomic E-state index is 11.7. The number of amides is 1. The van der Waals surface area contributed by atoms with E-state index in [0.29, 0.717) is 22.2 Å². The Bertz CT molecular complexity index is 618. The molecule has 108 valence electrons. The summed E-state index contributed by atoms with van der Waals surface area (Å²) in [5.74, 6) is -0.165. The molecule has 2 aromatic rings. The van der Waals surface area contributed by atoms with Crippen LogP contribution in [0.15, 0.2) is 54.6 Å². The zero-order valence-corrected chi connectivity index (χ0v) is 12.9. The first-order valence-corrected chi connectivity index (χ1v) is 7.36. The van der Waals surface area contributed by atoms with Crippen LogP contribution in [0.25, 0.3) is 6.08 Å². The van der Waals surface area contributed by atoms with Crippen LogP contribution < -0.4 is 5.32 Å². The quantitative estimate of drug-likeness (QED) is 0.815. The lowest BCUT2D eigenvalue weighted by Gasteiger charge is -2.03. The Morgan fingerprint density at radius 2 is 1.67 bits per heavy atom. The number of benzene rings is 2. The zero-order valence-electron chi connectivity index (χ0n) is 11.4. The molecule has 2 aromatic carbocycles. The van der Waals surface area contributed by atoms with Crippen LogP contribution in [0.5, 0.6) is 0 Å². The number of carbonyl (C=O) groups excluding carboxylic acids is 1. The van der Waals surface area contributed by atoms with Gasteiger partial charge >= 0.3 is 0 Å². The fourth-order valence-corrected chi connectivity index (χ4v) is 2.39. The maximum Gasteiger partial charge on any atom is 0.244 e. The summed E-state index contributed by atoms with van der Waals surface area (Å²) < 4.78 is 0. The molecule has 0 heterocycles. The van der Waals surface area contributed by atoms with Crippen LogP contribution in [0.2, 0.25) is 10.0 Å². The second kappa shape index (κ2) is 7.87. The highest BCUT2D eigenvalue weighted by molar-refractivity contribution is 6.37. The van der Waals surface area contributed by atoms with Crippen molar-refractivity contribution in [2.24, 2.45) is 0 Å². The van der Waals surface area contributed by atoms with Crippen molar-refractivity contribution >= 4 is 35.2 Å². The molecule has 0 aliphatic rings. The van der Waals surface area contributed by atoms with E-state index < -0.39 is 0 Å². The molecule has 0 saturated carbocycles. The standard InChI is InChI=1S/C17H15Cl2NO/c18-15-7-4-8-16(19)14(15)9-10-17(21)20-12-11-13-5-2-1-3-6-13/h1-10H,11-12H2,(H,20,21)/b10-9-. The average Bonchev–Trinajstić information content (AvgIpc) is 2.48. The molecule has 1 amide bonds. The van der Waals surface area contributed by atoms with Crippen molar-refractivity contribution in [1.29, 1.82) is 0 Å². The van der Waals surface area contributed by atoms with Gasteiger partial charge in [-0.15, -0.1) is 0 Å². The Morgan fingerprint density at radius 1 is 1.00 bits per heavy atom. The number of nitrogens with one attached hydrogen (secondary N) is 1. The molecule has 0 spiro atoms. The molecule has 0 unspecified atom stereocenters. The van der Waals surface area contributed by atoms with Gasteiger partial charge in [-0.2, -0.15) is 0 Å². The molecule has 0 aliphatic carbocycles. The first-order chi connectivity index (χ1) is 10.2. The van der Waals surface area contributed by atoms with Crippen molar-refractivity contribution in [2.45, 2.75) is 6.42 Å². The van der Waals surface area contributed by atoms with E-state index >= 15 is 0 Å². The Kier molecular flexibility index (Phi) is 5.85. The van der Waals surface area contributed by atoms with E-state index in [1.54, 1.807) is 24.3 Å². The lowest BCUT2D eigenvalue weighted by Crippen LogP contribution is -2.23. The SMILES string of the molecule is O=C(/C=C\c1c(Cl)cccc1Cl)NCCc1ccccc1. The van der Waals surface area contributed by atoms with E-state index in [0.717, 1.165) is 6.42 Å². The highest BCUT2D eigenvalue weighted by atomic mass is 35.5. The predicted octanol–water partition coefficient (Wildman–Crippen LogP) is 4.37. The summed E-state index contributed by atoms with van der Waals surface area (Å²) in [6.07, 6.45) is 3.87. The molecule has 0 bridgehead atoms. The number of rotatable bonds is 5. The van der Waals surface area contributed by atoms with Gasteiger partial charge in [-0.05, 0) is 30.2 Å². The second-order valence-electron chi connectivity index (χ2n) is 4.50. The van der Waals surface area contributed by atoms with E-state index in [-0.39, 0.29) is 5.91 Å². The first kappa shape index (κ1) is 15.6. The van der Waals surface area contributed by atoms with Crippen molar-refractivity contribution in [3.8, 4) is 0 Å². The van der Waals surface area contributed by atoms with Crippen LogP contribution in [0.1, 0.15) is 11.1 Å². The van der Waals surface area contributed by atoms with Gasteiger partial charge in [0, 0.05) is 28.2 Å². The summed E-state index contributed by atoms with van der Waals surface area (Å²) in [5.41, 5.74) is 1.84. The Hall–Kier alpha value is -1.77. The number of hydrogen-bond donors (Lipinski definition) is 1. The van der Waals surface area contributed by atoms with Gasteiger partial charge in [0.2, 0.25) is 5.91 Å². The van der Waals surface area contributed by atoms with Crippen LogP contribution in [-0.2, 0) is 11.2 Å². The molecule has 0 saturated heterocycles. The maximum atomic E-state index is 11.7. The van der Waals surface area contributed by atoms with Gasteiger partial charge in [-0.3, -0.25) is 4.79 Å². The fraction of sp³-hybridized carbons (Fsp3) is 0.118. The van der Waals surface area contributed by atoms with Crippen molar-refractivity contribution in [3.63, 3.8) is 0 Å². The molecule has 1 N–H and O–H groups in total. The first-order valence-electron chi connectivity index (χ1n) is 6.60. The van der Waals surface area contributed by atoms with Crippen molar-refractivity contribution in [2.75, 3.05) is 6.54 Å². The molecular formula is C17H15Cl2NO. The molecular weight excluding hydrogens is 305 g/mol. The van der Waals surface area contributed by atoms with E-state index in [1.165, 1.54) is 11.6 Å². The number of hydrogen-bond acceptors (Lipinski definition) is 1. The van der Waals surface area contributed by atoms with E-state index in [9.17, 15) is 4.79 Å². The Labute approximate surface area is 134 Å². The monoisotopic (exact) mass is 319 g/mol. The van der Waals surface area contributed by atoms with Gasteiger partial charge < -0.3 is 5.32 Å². The Morgan fingerprint density at radius 3 is 2.33 bits per heavy atom.